The second kappa shape index (κ2) is 8.30. The summed E-state index contributed by atoms with van der Waals surface area (Å²) < 4.78 is 0.972. The van der Waals surface area contributed by atoms with Crippen molar-refractivity contribution in [1.29, 1.82) is 0 Å². The fourth-order valence-corrected chi connectivity index (χ4v) is 1.70. The maximum atomic E-state index is 11.7. The summed E-state index contributed by atoms with van der Waals surface area (Å²) in [6.45, 7) is 6.67. The molecule has 0 aliphatic heterocycles. The summed E-state index contributed by atoms with van der Waals surface area (Å²) in [6.07, 6.45) is 7.78. The van der Waals surface area contributed by atoms with Crippen LogP contribution >= 0.6 is 0 Å². The number of hydrogen-bond acceptors (Lipinski definition) is 1. The van der Waals surface area contributed by atoms with Gasteiger partial charge in [-0.25, -0.2) is 4.74 Å². The number of benzene rings is 1. The van der Waals surface area contributed by atoms with E-state index in [9.17, 15) is 5.21 Å². The first-order valence-electron chi connectivity index (χ1n) is 6.69. The fourth-order valence-electron chi connectivity index (χ4n) is 1.70. The first-order chi connectivity index (χ1) is 9.08. The van der Waals surface area contributed by atoms with E-state index in [1.165, 1.54) is 11.1 Å². The van der Waals surface area contributed by atoms with Gasteiger partial charge in [0, 0.05) is 11.6 Å². The SMILES string of the molecule is CC(C)=CCC/C(C)=C/C=[N+](\[O-])Cc1ccccc1. The molecule has 0 aliphatic carbocycles. The van der Waals surface area contributed by atoms with Crippen molar-refractivity contribution in [1.82, 2.24) is 0 Å². The van der Waals surface area contributed by atoms with Crippen molar-refractivity contribution >= 4 is 6.21 Å². The second-order valence-corrected chi connectivity index (χ2v) is 5.04. The Morgan fingerprint density at radius 2 is 1.84 bits per heavy atom. The van der Waals surface area contributed by atoms with Crippen LogP contribution in [0.15, 0.2) is 53.6 Å². The van der Waals surface area contributed by atoms with Crippen molar-refractivity contribution in [2.24, 2.45) is 0 Å². The fraction of sp³-hybridized carbons (Fsp3) is 0.353. The van der Waals surface area contributed by atoms with E-state index in [1.54, 1.807) is 6.21 Å². The molecule has 0 saturated heterocycles. The van der Waals surface area contributed by atoms with Gasteiger partial charge in [0.05, 0.1) is 0 Å². The van der Waals surface area contributed by atoms with E-state index in [0.717, 1.165) is 23.1 Å². The Bertz CT molecular complexity index is 465. The minimum absolute atomic E-state index is 0.401. The minimum Gasteiger partial charge on any atom is -0.624 e. The van der Waals surface area contributed by atoms with Crippen LogP contribution in [-0.4, -0.2) is 11.0 Å². The molecule has 0 spiro atoms. The first kappa shape index (κ1) is 15.2. The van der Waals surface area contributed by atoms with Crippen LogP contribution in [0, 0.1) is 5.21 Å². The molecule has 0 heterocycles. The lowest BCUT2D eigenvalue weighted by atomic mass is 10.1. The average molecular weight is 257 g/mol. The standard InChI is InChI=1S/C17H23NO/c1-15(2)8-7-9-16(3)12-13-18(19)14-17-10-5-4-6-11-17/h4-6,8,10-13H,7,9,14H2,1-3H3/b16-12+,18-13-. The van der Waals surface area contributed by atoms with Crippen LogP contribution in [0.5, 0.6) is 0 Å². The topological polar surface area (TPSA) is 26.1 Å². The van der Waals surface area contributed by atoms with Crippen molar-refractivity contribution in [3.63, 3.8) is 0 Å². The van der Waals surface area contributed by atoms with E-state index in [-0.39, 0.29) is 0 Å². The maximum Gasteiger partial charge on any atom is 0.178 e. The Labute approximate surface area is 116 Å². The Balaban J connectivity index is 2.47. The first-order valence-corrected chi connectivity index (χ1v) is 6.69. The molecule has 2 nitrogen and oxygen atoms in total. The van der Waals surface area contributed by atoms with Crippen LogP contribution in [0.25, 0.3) is 0 Å². The normalized spacial score (nSPS) is 12.4. The number of allylic oxidation sites excluding steroid dienone is 4. The van der Waals surface area contributed by atoms with Gasteiger partial charge >= 0.3 is 0 Å². The second-order valence-electron chi connectivity index (χ2n) is 5.04. The predicted octanol–water partition coefficient (Wildman–Crippen LogP) is 4.46. The van der Waals surface area contributed by atoms with Crippen LogP contribution in [0.4, 0.5) is 0 Å². The zero-order valence-corrected chi connectivity index (χ0v) is 12.1. The van der Waals surface area contributed by atoms with Gasteiger partial charge < -0.3 is 5.21 Å². The molecule has 1 aromatic rings. The van der Waals surface area contributed by atoms with Gasteiger partial charge in [-0.1, -0.05) is 47.6 Å². The van der Waals surface area contributed by atoms with Gasteiger partial charge in [-0.3, -0.25) is 0 Å². The Morgan fingerprint density at radius 3 is 2.47 bits per heavy atom. The largest absolute Gasteiger partial charge is 0.624 e. The zero-order valence-electron chi connectivity index (χ0n) is 12.1. The highest BCUT2D eigenvalue weighted by Crippen LogP contribution is 2.06. The van der Waals surface area contributed by atoms with Crippen LogP contribution < -0.4 is 0 Å². The van der Waals surface area contributed by atoms with E-state index in [1.807, 2.05) is 36.4 Å². The highest BCUT2D eigenvalue weighted by molar-refractivity contribution is 5.67. The Hall–Kier alpha value is -1.83. The van der Waals surface area contributed by atoms with Gasteiger partial charge in [-0.05, 0) is 33.6 Å². The van der Waals surface area contributed by atoms with E-state index < -0.39 is 0 Å². The highest BCUT2D eigenvalue weighted by atomic mass is 16.5. The third-order valence-electron chi connectivity index (χ3n) is 2.80. The molecule has 0 aromatic heterocycles. The van der Waals surface area contributed by atoms with E-state index in [2.05, 4.69) is 26.8 Å². The lowest BCUT2D eigenvalue weighted by Crippen LogP contribution is -2.03. The molecule has 0 unspecified atom stereocenters. The van der Waals surface area contributed by atoms with Crippen LogP contribution in [0.2, 0.25) is 0 Å². The molecule has 2 heteroatoms. The third kappa shape index (κ3) is 7.24. The van der Waals surface area contributed by atoms with E-state index in [4.69, 9.17) is 0 Å². The summed E-state index contributed by atoms with van der Waals surface area (Å²) in [7, 11) is 0. The zero-order chi connectivity index (χ0) is 14.1. The van der Waals surface area contributed by atoms with Crippen molar-refractivity contribution in [3.05, 3.63) is 64.4 Å². The number of nitrogens with zero attached hydrogens (tertiary/aromatic N) is 1. The molecular weight excluding hydrogens is 234 g/mol. The van der Waals surface area contributed by atoms with Gasteiger partial charge in [0.25, 0.3) is 0 Å². The van der Waals surface area contributed by atoms with Crippen molar-refractivity contribution in [2.75, 3.05) is 0 Å². The van der Waals surface area contributed by atoms with Gasteiger partial charge in [0.2, 0.25) is 0 Å². The lowest BCUT2D eigenvalue weighted by molar-refractivity contribution is -0.469. The highest BCUT2D eigenvalue weighted by Gasteiger charge is 1.96. The lowest BCUT2D eigenvalue weighted by Gasteiger charge is -2.03. The maximum absolute atomic E-state index is 11.7. The van der Waals surface area contributed by atoms with Crippen molar-refractivity contribution in [2.45, 2.75) is 40.2 Å². The third-order valence-corrected chi connectivity index (χ3v) is 2.80. The molecule has 0 radical (unpaired) electrons. The summed E-state index contributed by atoms with van der Waals surface area (Å²) in [6, 6.07) is 9.78. The van der Waals surface area contributed by atoms with Crippen LogP contribution in [0.1, 0.15) is 39.2 Å². The molecule has 102 valence electrons. The number of hydroxylamine groups is 1. The van der Waals surface area contributed by atoms with Crippen molar-refractivity contribution < 1.29 is 4.74 Å². The van der Waals surface area contributed by atoms with Crippen LogP contribution in [-0.2, 0) is 6.54 Å². The summed E-state index contributed by atoms with van der Waals surface area (Å²) >= 11 is 0. The Morgan fingerprint density at radius 1 is 1.16 bits per heavy atom. The predicted molar refractivity (Wildman–Crippen MR) is 82.3 cm³/mol. The molecule has 0 N–H and O–H groups in total. The molecular formula is C17H23NO. The molecule has 19 heavy (non-hydrogen) atoms. The van der Waals surface area contributed by atoms with Gasteiger partial charge in [-0.2, -0.15) is 0 Å². The van der Waals surface area contributed by atoms with Gasteiger partial charge in [-0.15, -0.1) is 0 Å². The molecule has 0 amide bonds. The minimum atomic E-state index is 0.401. The molecule has 1 aromatic carbocycles. The van der Waals surface area contributed by atoms with Gasteiger partial charge in [0.1, 0.15) is 0 Å². The van der Waals surface area contributed by atoms with E-state index in [0.29, 0.717) is 6.54 Å². The molecule has 0 fully saturated rings. The quantitative estimate of drug-likeness (QED) is 0.243. The summed E-state index contributed by atoms with van der Waals surface area (Å²) in [5, 5.41) is 11.7. The summed E-state index contributed by atoms with van der Waals surface area (Å²) in [4.78, 5) is 0. The summed E-state index contributed by atoms with van der Waals surface area (Å²) in [5.74, 6) is 0. The number of rotatable bonds is 6. The monoisotopic (exact) mass is 257 g/mol. The van der Waals surface area contributed by atoms with Crippen molar-refractivity contribution in [3.8, 4) is 0 Å². The summed E-state index contributed by atoms with van der Waals surface area (Å²) in [5.41, 5.74) is 3.60. The Kier molecular flexibility index (Phi) is 6.65. The molecule has 0 saturated carbocycles. The smallest absolute Gasteiger partial charge is 0.178 e. The van der Waals surface area contributed by atoms with Crippen LogP contribution in [0.3, 0.4) is 0 Å². The number of hydrogen-bond donors (Lipinski definition) is 0. The molecule has 0 bridgehead atoms. The molecule has 0 aliphatic rings. The average Bonchev–Trinajstić information content (AvgIpc) is 2.37. The molecule has 1 rings (SSSR count). The van der Waals surface area contributed by atoms with E-state index >= 15 is 0 Å². The van der Waals surface area contributed by atoms with Gasteiger partial charge in [0.15, 0.2) is 12.8 Å². The molecule has 0 atom stereocenters.